The molecule has 0 radical (unpaired) electrons. The van der Waals surface area contributed by atoms with E-state index in [2.05, 4.69) is 10.1 Å². The van der Waals surface area contributed by atoms with Gasteiger partial charge in [0, 0.05) is 15.8 Å². The minimum absolute atomic E-state index is 0.0591. The van der Waals surface area contributed by atoms with Crippen LogP contribution in [-0.2, 0) is 6.54 Å². The van der Waals surface area contributed by atoms with Crippen LogP contribution >= 0.6 is 46.6 Å². The largest absolute Gasteiger partial charge is 0.287 e. The molecule has 0 amide bonds. The predicted octanol–water partition coefficient (Wildman–Crippen LogP) is 4.52. The maximum atomic E-state index is 12.1. The van der Waals surface area contributed by atoms with Crippen LogP contribution in [0.1, 0.15) is 5.56 Å². The lowest BCUT2D eigenvalue weighted by atomic mass is 10.1. The molecule has 23 heavy (non-hydrogen) atoms. The van der Waals surface area contributed by atoms with Crippen molar-refractivity contribution in [3.05, 3.63) is 61.6 Å². The molecule has 0 atom stereocenters. The highest BCUT2D eigenvalue weighted by molar-refractivity contribution is 7.98. The zero-order chi connectivity index (χ0) is 16.6. The summed E-state index contributed by atoms with van der Waals surface area (Å²) < 4.78 is 1.21. The van der Waals surface area contributed by atoms with Gasteiger partial charge in [0.2, 0.25) is 0 Å². The van der Waals surface area contributed by atoms with Crippen LogP contribution in [0, 0.1) is 0 Å². The second kappa shape index (κ2) is 6.69. The van der Waals surface area contributed by atoms with E-state index in [1.165, 1.54) is 10.9 Å². The van der Waals surface area contributed by atoms with E-state index in [9.17, 15) is 4.79 Å². The third kappa shape index (κ3) is 3.33. The number of rotatable bonds is 3. The first-order valence-corrected chi connectivity index (χ1v) is 8.89. The Morgan fingerprint density at radius 1 is 1.22 bits per heavy atom. The first kappa shape index (κ1) is 16.6. The average Bonchev–Trinajstić information content (AvgIpc) is 2.55. The molecule has 0 saturated heterocycles. The molecule has 0 N–H and O–H groups in total. The molecule has 0 aliphatic heterocycles. The molecule has 0 saturated carbocycles. The van der Waals surface area contributed by atoms with Crippen LogP contribution in [0.25, 0.3) is 10.9 Å². The van der Waals surface area contributed by atoms with Gasteiger partial charge in [-0.15, -0.1) is 11.8 Å². The van der Waals surface area contributed by atoms with E-state index in [4.69, 9.17) is 34.8 Å². The van der Waals surface area contributed by atoms with E-state index < -0.39 is 5.56 Å². The van der Waals surface area contributed by atoms with Crippen LogP contribution in [0.15, 0.2) is 40.2 Å². The fourth-order valence-electron chi connectivity index (χ4n) is 2.12. The van der Waals surface area contributed by atoms with E-state index in [-0.39, 0.29) is 16.6 Å². The van der Waals surface area contributed by atoms with Crippen molar-refractivity contribution in [1.29, 1.82) is 0 Å². The molecule has 2 aromatic heterocycles. The average molecular weight is 387 g/mol. The zero-order valence-corrected chi connectivity index (χ0v) is 15.0. The molecular formula is C15H10Cl3N3OS. The number of benzene rings is 1. The second-order valence-corrected chi connectivity index (χ2v) is 6.79. The van der Waals surface area contributed by atoms with Crippen LogP contribution in [0.2, 0.25) is 15.2 Å². The van der Waals surface area contributed by atoms with Crippen molar-refractivity contribution in [3.63, 3.8) is 0 Å². The molecule has 0 unspecified atom stereocenters. The Morgan fingerprint density at radius 3 is 2.74 bits per heavy atom. The molecule has 118 valence electrons. The zero-order valence-electron chi connectivity index (χ0n) is 11.9. The smallest absolute Gasteiger partial charge is 0.266 e. The van der Waals surface area contributed by atoms with Gasteiger partial charge in [0.1, 0.15) is 10.2 Å². The summed E-state index contributed by atoms with van der Waals surface area (Å²) in [5.41, 5.74) is 1.03. The van der Waals surface area contributed by atoms with Crippen LogP contribution in [0.3, 0.4) is 0 Å². The van der Waals surface area contributed by atoms with Gasteiger partial charge in [-0.1, -0.05) is 40.9 Å². The minimum Gasteiger partial charge on any atom is -0.266 e. The Morgan fingerprint density at radius 2 is 2.00 bits per heavy atom. The molecular weight excluding hydrogens is 377 g/mol. The summed E-state index contributed by atoms with van der Waals surface area (Å²) in [6.45, 7) is 0.168. The summed E-state index contributed by atoms with van der Waals surface area (Å²) in [7, 11) is 0. The van der Waals surface area contributed by atoms with Crippen molar-refractivity contribution in [3.8, 4) is 0 Å². The number of hydrogen-bond donors (Lipinski definition) is 0. The lowest BCUT2D eigenvalue weighted by molar-refractivity contribution is 0.638. The maximum absolute atomic E-state index is 12.1. The molecule has 0 fully saturated rings. The Balaban J connectivity index is 2.05. The Hall–Kier alpha value is -1.27. The lowest BCUT2D eigenvalue weighted by Crippen LogP contribution is -2.24. The normalized spacial score (nSPS) is 11.1. The Labute approximate surface area is 151 Å². The van der Waals surface area contributed by atoms with Crippen molar-refractivity contribution < 1.29 is 0 Å². The van der Waals surface area contributed by atoms with E-state index in [0.717, 1.165) is 15.8 Å². The number of thioether (sulfide) groups is 1. The Bertz CT molecular complexity index is 959. The van der Waals surface area contributed by atoms with Gasteiger partial charge in [-0.3, -0.25) is 4.79 Å². The summed E-state index contributed by atoms with van der Waals surface area (Å²) >= 11 is 19.5. The molecule has 0 bridgehead atoms. The van der Waals surface area contributed by atoms with Crippen LogP contribution < -0.4 is 5.56 Å². The van der Waals surface area contributed by atoms with Crippen LogP contribution in [0.4, 0.5) is 0 Å². The van der Waals surface area contributed by atoms with Crippen molar-refractivity contribution >= 4 is 57.5 Å². The SMILES string of the molecule is CSc1ccc2cc(Cn3ncc(Cl)c(Cl)c3=O)c(Cl)nc2c1. The van der Waals surface area contributed by atoms with Crippen LogP contribution in [0.5, 0.6) is 0 Å². The molecule has 3 aromatic rings. The maximum Gasteiger partial charge on any atom is 0.287 e. The third-order valence-corrected chi connectivity index (χ3v) is 5.11. The highest BCUT2D eigenvalue weighted by atomic mass is 35.5. The molecule has 3 rings (SSSR count). The van der Waals surface area contributed by atoms with Gasteiger partial charge in [0.05, 0.1) is 23.3 Å². The van der Waals surface area contributed by atoms with E-state index in [1.54, 1.807) is 11.8 Å². The number of fused-ring (bicyclic) bond motifs is 1. The summed E-state index contributed by atoms with van der Waals surface area (Å²) in [5, 5.41) is 5.32. The third-order valence-electron chi connectivity index (χ3n) is 3.31. The van der Waals surface area contributed by atoms with E-state index in [0.29, 0.717) is 10.7 Å². The monoisotopic (exact) mass is 385 g/mol. The quantitative estimate of drug-likeness (QED) is 0.490. The number of hydrogen-bond acceptors (Lipinski definition) is 4. The summed E-state index contributed by atoms with van der Waals surface area (Å²) in [4.78, 5) is 17.6. The number of nitrogens with zero attached hydrogens (tertiary/aromatic N) is 3. The van der Waals surface area contributed by atoms with Gasteiger partial charge in [-0.25, -0.2) is 9.67 Å². The van der Waals surface area contributed by atoms with E-state index >= 15 is 0 Å². The summed E-state index contributed by atoms with van der Waals surface area (Å²) in [5.74, 6) is 0. The van der Waals surface area contributed by atoms with Gasteiger partial charge in [0.15, 0.2) is 0 Å². The topological polar surface area (TPSA) is 47.8 Å². The molecule has 0 aliphatic carbocycles. The first-order chi connectivity index (χ1) is 11.0. The highest BCUT2D eigenvalue weighted by Gasteiger charge is 2.11. The first-order valence-electron chi connectivity index (χ1n) is 6.54. The number of halogens is 3. The molecule has 4 nitrogen and oxygen atoms in total. The Kier molecular flexibility index (Phi) is 4.82. The van der Waals surface area contributed by atoms with Gasteiger partial charge >= 0.3 is 0 Å². The van der Waals surface area contributed by atoms with Gasteiger partial charge in [-0.2, -0.15) is 5.10 Å². The second-order valence-electron chi connectivity index (χ2n) is 4.77. The molecule has 0 aliphatic rings. The van der Waals surface area contributed by atoms with E-state index in [1.807, 2.05) is 30.5 Å². The van der Waals surface area contributed by atoms with Crippen LogP contribution in [-0.4, -0.2) is 21.0 Å². The van der Waals surface area contributed by atoms with Crippen molar-refractivity contribution in [2.75, 3.05) is 6.26 Å². The summed E-state index contributed by atoms with van der Waals surface area (Å²) in [6.07, 6.45) is 3.33. The fraction of sp³-hybridized carbons (Fsp3) is 0.133. The van der Waals surface area contributed by atoms with Crippen molar-refractivity contribution in [1.82, 2.24) is 14.8 Å². The van der Waals surface area contributed by atoms with Gasteiger partial charge in [0.25, 0.3) is 5.56 Å². The molecule has 0 spiro atoms. The number of aromatic nitrogens is 3. The minimum atomic E-state index is -0.465. The van der Waals surface area contributed by atoms with Crippen molar-refractivity contribution in [2.24, 2.45) is 0 Å². The molecule has 8 heteroatoms. The molecule has 2 heterocycles. The van der Waals surface area contributed by atoms with Gasteiger partial charge < -0.3 is 0 Å². The molecule has 1 aromatic carbocycles. The number of pyridine rings is 1. The standard InChI is InChI=1S/C15H10Cl3N3OS/c1-23-10-3-2-8-4-9(14(18)20-12(8)5-10)7-21-15(22)13(17)11(16)6-19-21/h2-6H,7H2,1H3. The summed E-state index contributed by atoms with van der Waals surface area (Å²) in [6, 6.07) is 7.85. The lowest BCUT2D eigenvalue weighted by Gasteiger charge is -2.09. The van der Waals surface area contributed by atoms with Gasteiger partial charge in [-0.05, 0) is 24.5 Å². The van der Waals surface area contributed by atoms with Crippen molar-refractivity contribution in [2.45, 2.75) is 11.4 Å². The predicted molar refractivity (Wildman–Crippen MR) is 96.2 cm³/mol. The highest BCUT2D eigenvalue weighted by Crippen LogP contribution is 2.25. The fourth-order valence-corrected chi connectivity index (χ4v) is 3.03.